The van der Waals surface area contributed by atoms with Gasteiger partial charge in [-0.15, -0.1) is 0 Å². The fourth-order valence-corrected chi connectivity index (χ4v) is 2.71. The van der Waals surface area contributed by atoms with Crippen LogP contribution in [0.2, 0.25) is 0 Å². The Morgan fingerprint density at radius 3 is 2.87 bits per heavy atom. The molecule has 0 spiro atoms. The first-order valence-electron chi connectivity index (χ1n) is 7.61. The van der Waals surface area contributed by atoms with E-state index in [4.69, 9.17) is 4.74 Å². The smallest absolute Gasteiger partial charge is 0.256 e. The van der Waals surface area contributed by atoms with Crippen LogP contribution < -0.4 is 5.32 Å². The van der Waals surface area contributed by atoms with Gasteiger partial charge in [-0.25, -0.2) is 8.78 Å². The number of halogens is 2. The van der Waals surface area contributed by atoms with Crippen LogP contribution >= 0.6 is 0 Å². The molecule has 0 unspecified atom stereocenters. The lowest BCUT2D eigenvalue weighted by Gasteiger charge is -2.38. The monoisotopic (exact) mass is 328 g/mol. The van der Waals surface area contributed by atoms with Gasteiger partial charge >= 0.3 is 0 Å². The largest absolute Gasteiger partial charge is 0.383 e. The number of methoxy groups -OCH3 is 1. The Morgan fingerprint density at radius 1 is 1.39 bits per heavy atom. The molecule has 0 radical (unpaired) electrons. The lowest BCUT2D eigenvalue weighted by atomic mass is 9.91. The van der Waals surface area contributed by atoms with Crippen molar-refractivity contribution in [2.45, 2.75) is 25.0 Å². The van der Waals surface area contributed by atoms with Gasteiger partial charge in [0.25, 0.3) is 5.91 Å². The van der Waals surface area contributed by atoms with Crippen LogP contribution in [0.1, 0.15) is 18.4 Å². The maximum absolute atomic E-state index is 13.3. The zero-order chi connectivity index (χ0) is 16.9. The molecule has 1 heterocycles. The molecule has 0 bridgehead atoms. The Labute approximate surface area is 134 Å². The number of amides is 1. The van der Waals surface area contributed by atoms with E-state index >= 15 is 0 Å². The summed E-state index contributed by atoms with van der Waals surface area (Å²) in [5.41, 5.74) is -0.973. The zero-order valence-corrected chi connectivity index (χ0v) is 13.1. The van der Waals surface area contributed by atoms with Crippen LogP contribution in [0.25, 0.3) is 0 Å². The van der Waals surface area contributed by atoms with Crippen molar-refractivity contribution in [1.82, 2.24) is 10.2 Å². The molecule has 2 N–H and O–H groups in total. The fraction of sp³-hybridized carbons (Fsp3) is 0.562. The van der Waals surface area contributed by atoms with Crippen molar-refractivity contribution in [1.29, 1.82) is 0 Å². The number of piperidine rings is 1. The highest BCUT2D eigenvalue weighted by atomic mass is 19.2. The molecule has 1 aliphatic rings. The molecule has 1 amide bonds. The molecule has 0 aromatic heterocycles. The van der Waals surface area contributed by atoms with E-state index in [-0.39, 0.29) is 13.1 Å². The molecule has 7 heteroatoms. The minimum Gasteiger partial charge on any atom is -0.383 e. The molecule has 23 heavy (non-hydrogen) atoms. The molecule has 0 saturated carbocycles. The Hall–Kier alpha value is -1.57. The van der Waals surface area contributed by atoms with Crippen molar-refractivity contribution in [2.24, 2.45) is 0 Å². The van der Waals surface area contributed by atoms with E-state index in [0.29, 0.717) is 38.1 Å². The molecular formula is C16H22F2N2O3. The van der Waals surface area contributed by atoms with Crippen LogP contribution in [-0.2, 0) is 16.1 Å². The van der Waals surface area contributed by atoms with E-state index in [1.54, 1.807) is 7.11 Å². The normalized spacial score (nSPS) is 21.7. The van der Waals surface area contributed by atoms with Crippen molar-refractivity contribution in [3.63, 3.8) is 0 Å². The Morgan fingerprint density at radius 2 is 2.17 bits per heavy atom. The van der Waals surface area contributed by atoms with Gasteiger partial charge in [0, 0.05) is 33.3 Å². The van der Waals surface area contributed by atoms with E-state index in [0.717, 1.165) is 12.1 Å². The predicted molar refractivity (Wildman–Crippen MR) is 80.7 cm³/mol. The van der Waals surface area contributed by atoms with Gasteiger partial charge in [-0.1, -0.05) is 6.07 Å². The van der Waals surface area contributed by atoms with Crippen LogP contribution in [0, 0.1) is 11.6 Å². The molecule has 2 rings (SSSR count). The third kappa shape index (κ3) is 4.46. The van der Waals surface area contributed by atoms with Gasteiger partial charge in [0.15, 0.2) is 17.2 Å². The molecular weight excluding hydrogens is 306 g/mol. The van der Waals surface area contributed by atoms with E-state index < -0.39 is 23.1 Å². The molecule has 1 aromatic carbocycles. The highest BCUT2D eigenvalue weighted by Crippen LogP contribution is 2.24. The topological polar surface area (TPSA) is 61.8 Å². The Bertz CT molecular complexity index is 556. The number of nitrogens with one attached hydrogen (secondary N) is 1. The molecule has 0 aliphatic carbocycles. The van der Waals surface area contributed by atoms with Crippen molar-refractivity contribution in [2.75, 3.05) is 33.4 Å². The highest BCUT2D eigenvalue weighted by Gasteiger charge is 2.41. The number of rotatable bonds is 7. The van der Waals surface area contributed by atoms with E-state index in [9.17, 15) is 18.7 Å². The zero-order valence-electron chi connectivity index (χ0n) is 13.1. The molecule has 128 valence electrons. The van der Waals surface area contributed by atoms with E-state index in [2.05, 4.69) is 5.32 Å². The summed E-state index contributed by atoms with van der Waals surface area (Å²) in [6.07, 6.45) is 1.03. The number of benzene rings is 1. The van der Waals surface area contributed by atoms with Gasteiger partial charge < -0.3 is 20.1 Å². The molecule has 1 saturated heterocycles. The van der Waals surface area contributed by atoms with Gasteiger partial charge in [0.2, 0.25) is 0 Å². The van der Waals surface area contributed by atoms with Gasteiger partial charge in [-0.2, -0.15) is 0 Å². The minimum absolute atomic E-state index is 0.142. The number of hydrogen-bond acceptors (Lipinski definition) is 4. The van der Waals surface area contributed by atoms with Crippen molar-refractivity contribution < 1.29 is 23.4 Å². The highest BCUT2D eigenvalue weighted by molar-refractivity contribution is 5.86. The van der Waals surface area contributed by atoms with Gasteiger partial charge in [0.05, 0.1) is 6.61 Å². The molecule has 1 fully saturated rings. The van der Waals surface area contributed by atoms with Crippen molar-refractivity contribution >= 4 is 5.91 Å². The first kappa shape index (κ1) is 17.8. The molecule has 1 atom stereocenters. The minimum atomic E-state index is -1.47. The number of ether oxygens (including phenoxy) is 1. The Balaban J connectivity index is 1.99. The molecule has 1 aliphatic heterocycles. The quantitative estimate of drug-likeness (QED) is 0.735. The second-order valence-corrected chi connectivity index (χ2v) is 5.78. The van der Waals surface area contributed by atoms with Crippen LogP contribution in [0.5, 0.6) is 0 Å². The number of aliphatic hydroxyl groups is 1. The van der Waals surface area contributed by atoms with Crippen LogP contribution in [-0.4, -0.2) is 54.9 Å². The lowest BCUT2D eigenvalue weighted by Crippen LogP contribution is -2.57. The first-order chi connectivity index (χ1) is 11.0. The number of carbonyl (C=O) groups is 1. The summed E-state index contributed by atoms with van der Waals surface area (Å²) < 4.78 is 31.1. The average molecular weight is 328 g/mol. The van der Waals surface area contributed by atoms with Crippen LogP contribution in [0.15, 0.2) is 18.2 Å². The number of hydrogen-bond donors (Lipinski definition) is 2. The third-order valence-corrected chi connectivity index (χ3v) is 3.96. The summed E-state index contributed by atoms with van der Waals surface area (Å²) in [5, 5.41) is 13.6. The standard InChI is InChI=1S/C16H22F2N2O3/c1-23-8-6-19-11-16(22)5-2-7-20(15(16)21)10-12-3-4-13(17)14(18)9-12/h3-4,9,19,22H,2,5-8,10-11H2,1H3/t16-/m1/s1. The van der Waals surface area contributed by atoms with Crippen LogP contribution in [0.4, 0.5) is 8.78 Å². The summed E-state index contributed by atoms with van der Waals surface area (Å²) >= 11 is 0. The van der Waals surface area contributed by atoms with Gasteiger partial charge in [0.1, 0.15) is 0 Å². The SMILES string of the molecule is COCCNC[C@]1(O)CCCN(Cc2ccc(F)c(F)c2)C1=O. The van der Waals surface area contributed by atoms with E-state index in [1.165, 1.54) is 11.0 Å². The maximum atomic E-state index is 13.3. The second kappa shape index (κ2) is 7.81. The number of carbonyl (C=O) groups excluding carboxylic acids is 1. The maximum Gasteiger partial charge on any atom is 0.256 e. The third-order valence-electron chi connectivity index (χ3n) is 3.96. The second-order valence-electron chi connectivity index (χ2n) is 5.78. The summed E-state index contributed by atoms with van der Waals surface area (Å²) in [4.78, 5) is 14.0. The first-order valence-corrected chi connectivity index (χ1v) is 7.61. The lowest BCUT2D eigenvalue weighted by molar-refractivity contribution is -0.157. The summed E-state index contributed by atoms with van der Waals surface area (Å²) in [6, 6.07) is 3.56. The van der Waals surface area contributed by atoms with E-state index in [1.807, 2.05) is 0 Å². The number of likely N-dealkylation sites (tertiary alicyclic amines) is 1. The Kier molecular flexibility index (Phi) is 6.04. The predicted octanol–water partition coefficient (Wildman–Crippen LogP) is 1.05. The summed E-state index contributed by atoms with van der Waals surface area (Å²) in [6.45, 7) is 1.80. The average Bonchev–Trinajstić information content (AvgIpc) is 2.52. The molecule has 5 nitrogen and oxygen atoms in total. The van der Waals surface area contributed by atoms with Crippen molar-refractivity contribution in [3.8, 4) is 0 Å². The summed E-state index contributed by atoms with van der Waals surface area (Å²) in [5.74, 6) is -2.25. The summed E-state index contributed by atoms with van der Waals surface area (Å²) in [7, 11) is 1.58. The van der Waals surface area contributed by atoms with Gasteiger partial charge in [-0.05, 0) is 30.5 Å². The fourth-order valence-electron chi connectivity index (χ4n) is 2.71. The number of nitrogens with zero attached hydrogens (tertiary/aromatic N) is 1. The molecule has 1 aromatic rings. The van der Waals surface area contributed by atoms with Gasteiger partial charge in [-0.3, -0.25) is 4.79 Å². The van der Waals surface area contributed by atoms with Crippen LogP contribution in [0.3, 0.4) is 0 Å². The van der Waals surface area contributed by atoms with Crippen molar-refractivity contribution in [3.05, 3.63) is 35.4 Å².